The third kappa shape index (κ3) is 4.46. The zero-order chi connectivity index (χ0) is 18.6. The lowest BCUT2D eigenvalue weighted by Crippen LogP contribution is -2.61. The highest BCUT2D eigenvalue weighted by Gasteiger charge is 2.46. The summed E-state index contributed by atoms with van der Waals surface area (Å²) in [4.78, 5) is 28.7. The maximum Gasteiger partial charge on any atom is 0.318 e. The van der Waals surface area contributed by atoms with Crippen molar-refractivity contribution in [3.05, 3.63) is 28.8 Å². The number of carbonyl (C=O) groups is 2. The van der Waals surface area contributed by atoms with Crippen LogP contribution in [0.1, 0.15) is 32.9 Å². The van der Waals surface area contributed by atoms with E-state index in [1.54, 1.807) is 6.92 Å². The summed E-state index contributed by atoms with van der Waals surface area (Å²) in [6.45, 7) is 5.91. The molecule has 25 heavy (non-hydrogen) atoms. The van der Waals surface area contributed by atoms with Crippen molar-refractivity contribution in [1.82, 2.24) is 10.3 Å². The van der Waals surface area contributed by atoms with E-state index in [0.29, 0.717) is 0 Å². The maximum absolute atomic E-state index is 14.2. The van der Waals surface area contributed by atoms with Crippen LogP contribution < -0.4 is 5.32 Å². The van der Waals surface area contributed by atoms with Gasteiger partial charge in [-0.2, -0.15) is 0 Å². The molecule has 1 aromatic rings. The molecule has 1 aromatic heterocycles. The molecule has 2 rings (SSSR count). The minimum absolute atomic E-state index is 0.0434. The quantitative estimate of drug-likeness (QED) is 0.587. The molecule has 1 atom stereocenters. The first kappa shape index (κ1) is 19.6. The van der Waals surface area contributed by atoms with Crippen molar-refractivity contribution in [3.8, 4) is 0 Å². The van der Waals surface area contributed by atoms with Gasteiger partial charge in [-0.3, -0.25) is 14.6 Å². The van der Waals surface area contributed by atoms with Crippen LogP contribution in [0.15, 0.2) is 12.3 Å². The Balaban J connectivity index is 2.14. The van der Waals surface area contributed by atoms with E-state index in [1.165, 1.54) is 6.20 Å². The molecule has 0 spiro atoms. The van der Waals surface area contributed by atoms with Gasteiger partial charge in [-0.05, 0) is 18.4 Å². The Morgan fingerprint density at radius 3 is 2.64 bits per heavy atom. The van der Waals surface area contributed by atoms with Crippen molar-refractivity contribution in [1.29, 1.82) is 0 Å². The Bertz CT molecular complexity index is 650. The number of nitrogens with one attached hydrogen (secondary N) is 1. The number of amides is 1. The molecule has 138 valence electrons. The second-order valence-electron chi connectivity index (χ2n) is 6.53. The van der Waals surface area contributed by atoms with E-state index >= 15 is 0 Å². The Morgan fingerprint density at radius 2 is 2.16 bits per heavy atom. The number of rotatable bonds is 7. The van der Waals surface area contributed by atoms with Crippen molar-refractivity contribution in [2.24, 2.45) is 11.8 Å². The summed E-state index contributed by atoms with van der Waals surface area (Å²) >= 11 is 5.73. The fourth-order valence-corrected chi connectivity index (χ4v) is 2.62. The molecule has 1 N–H and O–H groups in total. The molecule has 0 aliphatic carbocycles. The monoisotopic (exact) mass is 372 g/mol. The summed E-state index contributed by atoms with van der Waals surface area (Å²) in [5.74, 6) is -2.55. The number of aromatic nitrogens is 1. The lowest BCUT2D eigenvalue weighted by Gasteiger charge is -2.42. The summed E-state index contributed by atoms with van der Waals surface area (Å²) in [7, 11) is 0. The normalized spacial score (nSPS) is 16.9. The van der Waals surface area contributed by atoms with Crippen LogP contribution in [0.25, 0.3) is 0 Å². The van der Waals surface area contributed by atoms with Gasteiger partial charge in [0.25, 0.3) is 0 Å². The SMILES string of the molecule is CCC(C(=O)NC1(c2ncc(Cl)cc2F)COC1)C(=O)OCC(C)C. The molecule has 0 bridgehead atoms. The zero-order valence-corrected chi connectivity index (χ0v) is 15.2. The number of pyridine rings is 1. The molecule has 8 heteroatoms. The van der Waals surface area contributed by atoms with E-state index in [2.05, 4.69) is 10.3 Å². The molecule has 1 unspecified atom stereocenters. The predicted octanol–water partition coefficient (Wildman–Crippen LogP) is 2.44. The second-order valence-corrected chi connectivity index (χ2v) is 6.97. The lowest BCUT2D eigenvalue weighted by atomic mass is 9.90. The third-order valence-corrected chi connectivity index (χ3v) is 4.10. The van der Waals surface area contributed by atoms with Crippen molar-refractivity contribution in [2.45, 2.75) is 32.7 Å². The fraction of sp³-hybridized carbons (Fsp3) is 0.588. The lowest BCUT2D eigenvalue weighted by molar-refractivity contribution is -0.157. The van der Waals surface area contributed by atoms with Crippen molar-refractivity contribution in [3.63, 3.8) is 0 Å². The van der Waals surface area contributed by atoms with E-state index in [1.807, 2.05) is 13.8 Å². The molecular formula is C17H22ClFN2O4. The van der Waals surface area contributed by atoms with Crippen LogP contribution >= 0.6 is 11.6 Å². The van der Waals surface area contributed by atoms with Gasteiger partial charge in [0.1, 0.15) is 23.0 Å². The topological polar surface area (TPSA) is 77.5 Å². The van der Waals surface area contributed by atoms with Gasteiger partial charge >= 0.3 is 5.97 Å². The summed E-state index contributed by atoms with van der Waals surface area (Å²) in [6.07, 6.45) is 1.58. The van der Waals surface area contributed by atoms with Gasteiger partial charge in [0.2, 0.25) is 5.91 Å². The molecule has 2 heterocycles. The van der Waals surface area contributed by atoms with Crippen LogP contribution in [0, 0.1) is 17.7 Å². The minimum Gasteiger partial charge on any atom is -0.465 e. The van der Waals surface area contributed by atoms with Crippen molar-refractivity contribution >= 4 is 23.5 Å². The van der Waals surface area contributed by atoms with Crippen molar-refractivity contribution < 1.29 is 23.5 Å². The predicted molar refractivity (Wildman–Crippen MR) is 89.4 cm³/mol. The number of halogens is 2. The standard InChI is InChI=1S/C17H22ClFN2O4/c1-4-12(16(23)25-7-10(2)3)15(22)21-17(8-24-9-17)14-13(19)5-11(18)6-20-14/h5-6,10,12H,4,7-9H2,1-3H3,(H,21,22). The van der Waals surface area contributed by atoms with Crippen LogP contribution in [0.5, 0.6) is 0 Å². The van der Waals surface area contributed by atoms with Gasteiger partial charge in [-0.25, -0.2) is 4.39 Å². The zero-order valence-electron chi connectivity index (χ0n) is 14.5. The maximum atomic E-state index is 14.2. The number of ether oxygens (including phenoxy) is 2. The van der Waals surface area contributed by atoms with Gasteiger partial charge in [0, 0.05) is 6.20 Å². The number of hydrogen-bond donors (Lipinski definition) is 1. The fourth-order valence-electron chi connectivity index (χ4n) is 2.47. The van der Waals surface area contributed by atoms with Gasteiger partial charge in [-0.15, -0.1) is 0 Å². The Morgan fingerprint density at radius 1 is 1.48 bits per heavy atom. The third-order valence-electron chi connectivity index (χ3n) is 3.89. The van der Waals surface area contributed by atoms with E-state index in [-0.39, 0.29) is 42.9 Å². The van der Waals surface area contributed by atoms with E-state index in [0.717, 1.165) is 6.07 Å². The van der Waals surface area contributed by atoms with E-state index < -0.39 is 29.2 Å². The van der Waals surface area contributed by atoms with E-state index in [9.17, 15) is 14.0 Å². The number of carbonyl (C=O) groups excluding carboxylic acids is 2. The molecule has 1 aliphatic heterocycles. The molecule has 6 nitrogen and oxygen atoms in total. The molecule has 1 aliphatic rings. The van der Waals surface area contributed by atoms with Crippen LogP contribution in [0.3, 0.4) is 0 Å². The van der Waals surface area contributed by atoms with Gasteiger partial charge in [-0.1, -0.05) is 32.4 Å². The summed E-state index contributed by atoms with van der Waals surface area (Å²) in [5, 5.41) is 2.87. The van der Waals surface area contributed by atoms with Gasteiger partial charge in [0.15, 0.2) is 0 Å². The Labute approximate surface area is 151 Å². The van der Waals surface area contributed by atoms with Gasteiger partial charge < -0.3 is 14.8 Å². The summed E-state index contributed by atoms with van der Waals surface area (Å²) < 4.78 is 24.5. The highest BCUT2D eigenvalue weighted by Crippen LogP contribution is 2.31. The Hall–Kier alpha value is -1.73. The minimum atomic E-state index is -1.10. The van der Waals surface area contributed by atoms with Crippen LogP contribution in [-0.4, -0.2) is 36.7 Å². The molecule has 0 saturated carbocycles. The van der Waals surface area contributed by atoms with Gasteiger partial charge in [0.05, 0.1) is 24.8 Å². The smallest absolute Gasteiger partial charge is 0.318 e. The van der Waals surface area contributed by atoms with E-state index in [4.69, 9.17) is 21.1 Å². The molecular weight excluding hydrogens is 351 g/mol. The molecule has 0 aromatic carbocycles. The largest absolute Gasteiger partial charge is 0.465 e. The molecule has 1 saturated heterocycles. The summed E-state index contributed by atoms with van der Waals surface area (Å²) in [5.41, 5.74) is -1.06. The molecule has 1 amide bonds. The number of hydrogen-bond acceptors (Lipinski definition) is 5. The summed E-state index contributed by atoms with van der Waals surface area (Å²) in [6, 6.07) is 1.13. The van der Waals surface area contributed by atoms with Crippen LogP contribution in [-0.2, 0) is 24.6 Å². The second kappa shape index (κ2) is 8.10. The average molecular weight is 373 g/mol. The first-order valence-electron chi connectivity index (χ1n) is 8.17. The van der Waals surface area contributed by atoms with Crippen LogP contribution in [0.4, 0.5) is 4.39 Å². The highest BCUT2D eigenvalue weighted by molar-refractivity contribution is 6.30. The van der Waals surface area contributed by atoms with Crippen LogP contribution in [0.2, 0.25) is 5.02 Å². The molecule has 0 radical (unpaired) electrons. The Kier molecular flexibility index (Phi) is 6.35. The average Bonchev–Trinajstić information content (AvgIpc) is 2.50. The van der Waals surface area contributed by atoms with Crippen molar-refractivity contribution in [2.75, 3.05) is 19.8 Å². The first-order chi connectivity index (χ1) is 11.8. The molecule has 1 fully saturated rings. The highest BCUT2D eigenvalue weighted by atomic mass is 35.5. The first-order valence-corrected chi connectivity index (χ1v) is 8.54. The number of esters is 1. The number of nitrogens with zero attached hydrogens (tertiary/aromatic N) is 1.